The van der Waals surface area contributed by atoms with E-state index in [9.17, 15) is 13.2 Å². The minimum absolute atomic E-state index is 0.234. The van der Waals surface area contributed by atoms with E-state index in [1.165, 1.54) is 8.61 Å². The summed E-state index contributed by atoms with van der Waals surface area (Å²) in [5.41, 5.74) is 0. The predicted octanol–water partition coefficient (Wildman–Crippen LogP) is 1.24. The Labute approximate surface area is 122 Å². The molecule has 1 heterocycles. The van der Waals surface area contributed by atoms with Crippen molar-refractivity contribution in [2.45, 2.75) is 39.5 Å². The zero-order valence-corrected chi connectivity index (χ0v) is 13.5. The highest BCUT2D eigenvalue weighted by atomic mass is 32.2. The maximum Gasteiger partial charge on any atom is 0.310 e. The minimum atomic E-state index is -3.46. The number of piperidine rings is 1. The van der Waals surface area contributed by atoms with Crippen molar-refractivity contribution < 1.29 is 17.9 Å². The second-order valence-electron chi connectivity index (χ2n) is 5.13. The standard InChI is InChI=1S/C13H26N2O4S/c1-4-6-9-14(3)20(17,18)15-10-7-8-12(11-15)13(16)19-5-2/h12H,4-11H2,1-3H3. The van der Waals surface area contributed by atoms with Gasteiger partial charge in [-0.1, -0.05) is 13.3 Å². The zero-order valence-electron chi connectivity index (χ0n) is 12.7. The molecule has 1 unspecified atom stereocenters. The monoisotopic (exact) mass is 306 g/mol. The average Bonchev–Trinajstić information content (AvgIpc) is 2.45. The summed E-state index contributed by atoms with van der Waals surface area (Å²) in [5, 5.41) is 0. The van der Waals surface area contributed by atoms with Crippen molar-refractivity contribution in [1.82, 2.24) is 8.61 Å². The van der Waals surface area contributed by atoms with Crippen LogP contribution in [0.15, 0.2) is 0 Å². The van der Waals surface area contributed by atoms with E-state index < -0.39 is 10.2 Å². The van der Waals surface area contributed by atoms with Crippen molar-refractivity contribution in [1.29, 1.82) is 0 Å². The van der Waals surface area contributed by atoms with Crippen molar-refractivity contribution in [3.8, 4) is 0 Å². The van der Waals surface area contributed by atoms with Crippen LogP contribution in [0.3, 0.4) is 0 Å². The zero-order chi connectivity index (χ0) is 15.2. The lowest BCUT2D eigenvalue weighted by Crippen LogP contribution is -2.48. The van der Waals surface area contributed by atoms with Gasteiger partial charge in [0, 0.05) is 26.7 Å². The number of hydrogen-bond donors (Lipinski definition) is 0. The molecule has 0 aromatic rings. The summed E-state index contributed by atoms with van der Waals surface area (Å²) in [6, 6.07) is 0. The molecular formula is C13H26N2O4S. The van der Waals surface area contributed by atoms with Crippen LogP contribution in [0.25, 0.3) is 0 Å². The summed E-state index contributed by atoms with van der Waals surface area (Å²) in [4.78, 5) is 11.8. The van der Waals surface area contributed by atoms with Gasteiger partial charge in [0.2, 0.25) is 0 Å². The minimum Gasteiger partial charge on any atom is -0.466 e. The Bertz CT molecular complexity index is 411. The van der Waals surface area contributed by atoms with Gasteiger partial charge >= 0.3 is 5.97 Å². The molecule has 118 valence electrons. The van der Waals surface area contributed by atoms with Crippen molar-refractivity contribution in [3.05, 3.63) is 0 Å². The van der Waals surface area contributed by atoms with Crippen molar-refractivity contribution in [2.75, 3.05) is 33.3 Å². The van der Waals surface area contributed by atoms with Crippen LogP contribution >= 0.6 is 0 Å². The van der Waals surface area contributed by atoms with Gasteiger partial charge in [-0.2, -0.15) is 17.0 Å². The molecule has 20 heavy (non-hydrogen) atoms. The highest BCUT2D eigenvalue weighted by Crippen LogP contribution is 2.21. The Kier molecular flexibility index (Phi) is 6.91. The molecule has 0 aliphatic carbocycles. The third kappa shape index (κ3) is 4.43. The number of nitrogens with zero attached hydrogens (tertiary/aromatic N) is 2. The number of carbonyl (C=O) groups excluding carboxylic acids is 1. The molecule has 1 saturated heterocycles. The first kappa shape index (κ1) is 17.4. The van der Waals surface area contributed by atoms with E-state index in [1.807, 2.05) is 6.92 Å². The summed E-state index contributed by atoms with van der Waals surface area (Å²) in [6.07, 6.45) is 3.18. The molecule has 1 fully saturated rings. The molecular weight excluding hydrogens is 280 g/mol. The number of unbranched alkanes of at least 4 members (excludes halogenated alkanes) is 1. The number of hydrogen-bond acceptors (Lipinski definition) is 4. The summed E-state index contributed by atoms with van der Waals surface area (Å²) in [7, 11) is -1.86. The highest BCUT2D eigenvalue weighted by Gasteiger charge is 2.34. The van der Waals surface area contributed by atoms with Crippen LogP contribution in [0.1, 0.15) is 39.5 Å². The second kappa shape index (κ2) is 7.95. The van der Waals surface area contributed by atoms with Crippen LogP contribution < -0.4 is 0 Å². The Morgan fingerprint density at radius 1 is 1.40 bits per heavy atom. The normalized spacial score (nSPS) is 21.1. The van der Waals surface area contributed by atoms with Crippen LogP contribution in [-0.4, -0.2) is 56.3 Å². The Balaban J connectivity index is 2.67. The number of rotatable bonds is 7. The third-order valence-corrected chi connectivity index (χ3v) is 5.51. The van der Waals surface area contributed by atoms with Crippen molar-refractivity contribution in [2.24, 2.45) is 5.92 Å². The maximum atomic E-state index is 12.4. The number of esters is 1. The lowest BCUT2D eigenvalue weighted by atomic mass is 10.0. The largest absolute Gasteiger partial charge is 0.466 e. The van der Waals surface area contributed by atoms with Crippen LogP contribution in [0.4, 0.5) is 0 Å². The first-order valence-electron chi connectivity index (χ1n) is 7.31. The molecule has 0 radical (unpaired) electrons. The highest BCUT2D eigenvalue weighted by molar-refractivity contribution is 7.86. The molecule has 6 nitrogen and oxygen atoms in total. The molecule has 1 aliphatic heterocycles. The Morgan fingerprint density at radius 2 is 2.10 bits per heavy atom. The van der Waals surface area contributed by atoms with Crippen LogP contribution in [0.2, 0.25) is 0 Å². The van der Waals surface area contributed by atoms with Crippen molar-refractivity contribution >= 4 is 16.2 Å². The summed E-state index contributed by atoms with van der Waals surface area (Å²) >= 11 is 0. The van der Waals surface area contributed by atoms with Crippen LogP contribution in [0, 0.1) is 5.92 Å². The van der Waals surface area contributed by atoms with Crippen molar-refractivity contribution in [3.63, 3.8) is 0 Å². The lowest BCUT2D eigenvalue weighted by molar-refractivity contribution is -0.149. The van der Waals surface area contributed by atoms with Gasteiger partial charge in [0.25, 0.3) is 10.2 Å². The predicted molar refractivity (Wildman–Crippen MR) is 77.4 cm³/mol. The van der Waals surface area contributed by atoms with E-state index in [0.29, 0.717) is 32.5 Å². The molecule has 0 aromatic carbocycles. The fourth-order valence-electron chi connectivity index (χ4n) is 2.30. The van der Waals surface area contributed by atoms with E-state index in [4.69, 9.17) is 4.74 Å². The van der Waals surface area contributed by atoms with Gasteiger partial charge in [0.15, 0.2) is 0 Å². The molecule has 1 aliphatic rings. The lowest BCUT2D eigenvalue weighted by Gasteiger charge is -2.33. The smallest absolute Gasteiger partial charge is 0.310 e. The third-order valence-electron chi connectivity index (χ3n) is 3.55. The van der Waals surface area contributed by atoms with Gasteiger partial charge in [-0.25, -0.2) is 0 Å². The molecule has 0 amide bonds. The molecule has 7 heteroatoms. The molecule has 0 saturated carbocycles. The van der Waals surface area contributed by atoms with E-state index in [-0.39, 0.29) is 18.4 Å². The first-order valence-corrected chi connectivity index (χ1v) is 8.71. The topological polar surface area (TPSA) is 66.9 Å². The van der Waals surface area contributed by atoms with Gasteiger partial charge in [-0.15, -0.1) is 0 Å². The number of ether oxygens (including phenoxy) is 1. The average molecular weight is 306 g/mol. The van der Waals surface area contributed by atoms with E-state index >= 15 is 0 Å². The quantitative estimate of drug-likeness (QED) is 0.664. The second-order valence-corrected chi connectivity index (χ2v) is 7.17. The van der Waals surface area contributed by atoms with Gasteiger partial charge < -0.3 is 4.74 Å². The van der Waals surface area contributed by atoms with Gasteiger partial charge in [-0.3, -0.25) is 4.79 Å². The van der Waals surface area contributed by atoms with Crippen LogP contribution in [0.5, 0.6) is 0 Å². The van der Waals surface area contributed by atoms with E-state index in [0.717, 1.165) is 12.8 Å². The maximum absolute atomic E-state index is 12.4. The van der Waals surface area contributed by atoms with E-state index in [1.54, 1.807) is 14.0 Å². The SMILES string of the molecule is CCCCN(C)S(=O)(=O)N1CCCC(C(=O)OCC)C1. The summed E-state index contributed by atoms with van der Waals surface area (Å²) < 4.78 is 32.6. The number of carbonyl (C=O) groups is 1. The first-order chi connectivity index (χ1) is 9.43. The fourth-order valence-corrected chi connectivity index (χ4v) is 3.78. The van der Waals surface area contributed by atoms with Gasteiger partial charge in [-0.05, 0) is 26.2 Å². The molecule has 0 bridgehead atoms. The fraction of sp³-hybridized carbons (Fsp3) is 0.923. The molecule has 1 rings (SSSR count). The Hall–Kier alpha value is -0.660. The molecule has 0 spiro atoms. The molecule has 1 atom stereocenters. The molecule has 0 aromatic heterocycles. The summed E-state index contributed by atoms with van der Waals surface area (Å²) in [5.74, 6) is -0.623. The van der Waals surface area contributed by atoms with Gasteiger partial charge in [0.05, 0.1) is 12.5 Å². The molecule has 0 N–H and O–H groups in total. The van der Waals surface area contributed by atoms with E-state index in [2.05, 4.69) is 0 Å². The van der Waals surface area contributed by atoms with Crippen LogP contribution in [-0.2, 0) is 19.7 Å². The van der Waals surface area contributed by atoms with Gasteiger partial charge in [0.1, 0.15) is 0 Å². The summed E-state index contributed by atoms with van der Waals surface area (Å²) in [6.45, 7) is 5.34. The Morgan fingerprint density at radius 3 is 2.70 bits per heavy atom.